The number of carbonyl (C=O) groups is 1. The van der Waals surface area contributed by atoms with Crippen LogP contribution in [0.4, 0.5) is 0 Å². The molecule has 0 saturated carbocycles. The maximum absolute atomic E-state index is 11.4. The Morgan fingerprint density at radius 1 is 1.40 bits per heavy atom. The summed E-state index contributed by atoms with van der Waals surface area (Å²) in [5.41, 5.74) is 0.709. The fraction of sp³-hybridized carbons (Fsp3) is 0.231. The van der Waals surface area contributed by atoms with Crippen molar-refractivity contribution in [2.75, 3.05) is 0 Å². The Morgan fingerprint density at radius 2 is 2.20 bits per heavy atom. The Hall–Kier alpha value is -2.28. The highest BCUT2D eigenvalue weighted by Gasteiger charge is 2.30. The Morgan fingerprint density at radius 3 is 2.85 bits per heavy atom. The summed E-state index contributed by atoms with van der Waals surface area (Å²) in [6.45, 7) is 3.89. The van der Waals surface area contributed by atoms with E-state index in [9.17, 15) is 9.90 Å². The number of aromatic carboxylic acids is 1. The minimum absolute atomic E-state index is 0.192. The zero-order valence-corrected chi connectivity index (χ0v) is 11.8. The van der Waals surface area contributed by atoms with Crippen LogP contribution in [0.15, 0.2) is 29.8 Å². The highest BCUT2D eigenvalue weighted by atomic mass is 32.1. The number of hydrogen-bond donors (Lipinski definition) is 1. The first-order valence-electron chi connectivity index (χ1n) is 6.00. The highest BCUT2D eigenvalue weighted by molar-refractivity contribution is 7.09. The van der Waals surface area contributed by atoms with E-state index in [2.05, 4.69) is 15.3 Å². The summed E-state index contributed by atoms with van der Waals surface area (Å²) >= 11 is 1.50. The number of nitrogens with zero attached hydrogens (tertiary/aromatic N) is 4. The lowest BCUT2D eigenvalue weighted by Crippen LogP contribution is -2.29. The fourth-order valence-electron chi connectivity index (χ4n) is 2.15. The number of fused-ring (bicyclic) bond motifs is 1. The van der Waals surface area contributed by atoms with Gasteiger partial charge in [0, 0.05) is 11.6 Å². The molecule has 0 unspecified atom stereocenters. The topological polar surface area (TPSA) is 80.9 Å². The molecule has 6 nitrogen and oxygen atoms in total. The molecule has 0 spiro atoms. The first-order chi connectivity index (χ1) is 9.51. The third kappa shape index (κ3) is 1.78. The zero-order valence-electron chi connectivity index (χ0n) is 10.9. The van der Waals surface area contributed by atoms with Gasteiger partial charge in [-0.2, -0.15) is 0 Å². The second-order valence-electron chi connectivity index (χ2n) is 4.88. The second kappa shape index (κ2) is 4.38. The van der Waals surface area contributed by atoms with Gasteiger partial charge in [0.05, 0.1) is 5.56 Å². The fourth-order valence-corrected chi connectivity index (χ4v) is 2.90. The lowest BCUT2D eigenvalue weighted by molar-refractivity contribution is 0.0698. The SMILES string of the molecule is CC(C)(c1nccs1)n1nnc2cccc(C(=O)O)c21. The number of carboxylic acids is 1. The molecule has 1 aromatic carbocycles. The van der Waals surface area contributed by atoms with Crippen molar-refractivity contribution in [1.82, 2.24) is 20.0 Å². The van der Waals surface area contributed by atoms with Crippen molar-refractivity contribution in [2.45, 2.75) is 19.4 Å². The molecule has 0 amide bonds. The standard InChI is InChI=1S/C13H12N4O2S/c1-13(2,12-14-6-7-20-12)17-10-8(11(18)19)4-3-5-9(10)15-16-17/h3-7H,1-2H3,(H,18,19). The largest absolute Gasteiger partial charge is 0.478 e. The van der Waals surface area contributed by atoms with Gasteiger partial charge < -0.3 is 5.11 Å². The summed E-state index contributed by atoms with van der Waals surface area (Å²) in [5, 5.41) is 20.3. The molecule has 3 rings (SSSR count). The van der Waals surface area contributed by atoms with Crippen LogP contribution in [0.3, 0.4) is 0 Å². The quantitative estimate of drug-likeness (QED) is 0.800. The molecule has 1 N–H and O–H groups in total. The van der Waals surface area contributed by atoms with Crippen LogP contribution in [0.25, 0.3) is 11.0 Å². The van der Waals surface area contributed by atoms with Gasteiger partial charge in [-0.15, -0.1) is 16.4 Å². The summed E-state index contributed by atoms with van der Waals surface area (Å²) in [4.78, 5) is 15.7. The van der Waals surface area contributed by atoms with Crippen molar-refractivity contribution in [3.8, 4) is 0 Å². The summed E-state index contributed by atoms with van der Waals surface area (Å²) in [7, 11) is 0. The molecule has 0 aliphatic heterocycles. The Kier molecular flexibility index (Phi) is 2.79. The number of hydrogen-bond acceptors (Lipinski definition) is 5. The van der Waals surface area contributed by atoms with Crippen molar-refractivity contribution in [3.05, 3.63) is 40.3 Å². The number of thiazole rings is 1. The summed E-state index contributed by atoms with van der Waals surface area (Å²) in [6, 6.07) is 4.98. The third-order valence-electron chi connectivity index (χ3n) is 3.18. The molecule has 0 radical (unpaired) electrons. The van der Waals surface area contributed by atoms with Gasteiger partial charge in [0.1, 0.15) is 21.6 Å². The van der Waals surface area contributed by atoms with E-state index in [0.29, 0.717) is 11.0 Å². The van der Waals surface area contributed by atoms with Crippen molar-refractivity contribution in [1.29, 1.82) is 0 Å². The van der Waals surface area contributed by atoms with Crippen molar-refractivity contribution >= 4 is 28.3 Å². The predicted octanol–water partition coefficient (Wildman–Crippen LogP) is 2.37. The Balaban J connectivity index is 2.30. The monoisotopic (exact) mass is 288 g/mol. The molecule has 0 fully saturated rings. The van der Waals surface area contributed by atoms with Crippen molar-refractivity contribution in [3.63, 3.8) is 0 Å². The molecule has 3 aromatic rings. The van der Waals surface area contributed by atoms with Gasteiger partial charge in [0.25, 0.3) is 0 Å². The molecule has 0 saturated heterocycles. The Bertz CT molecular complexity index is 777. The zero-order chi connectivity index (χ0) is 14.3. The number of carboxylic acid groups (broad SMARTS) is 1. The van der Waals surface area contributed by atoms with Crippen LogP contribution in [-0.4, -0.2) is 31.1 Å². The summed E-state index contributed by atoms with van der Waals surface area (Å²) in [6.07, 6.45) is 1.72. The van der Waals surface area contributed by atoms with E-state index < -0.39 is 11.5 Å². The number of benzene rings is 1. The van der Waals surface area contributed by atoms with E-state index in [1.165, 1.54) is 11.3 Å². The van der Waals surface area contributed by atoms with E-state index in [1.807, 2.05) is 19.2 Å². The van der Waals surface area contributed by atoms with Gasteiger partial charge in [-0.05, 0) is 26.0 Å². The molecular formula is C13H12N4O2S. The molecule has 2 heterocycles. The minimum Gasteiger partial charge on any atom is -0.478 e. The van der Waals surface area contributed by atoms with E-state index in [4.69, 9.17) is 0 Å². The van der Waals surface area contributed by atoms with E-state index in [-0.39, 0.29) is 5.56 Å². The number of para-hydroxylation sites is 1. The Labute approximate surface area is 118 Å². The number of aromatic nitrogens is 4. The molecule has 0 atom stereocenters. The lowest BCUT2D eigenvalue weighted by Gasteiger charge is -2.23. The van der Waals surface area contributed by atoms with Crippen LogP contribution in [0.2, 0.25) is 0 Å². The number of rotatable bonds is 3. The summed E-state index contributed by atoms with van der Waals surface area (Å²) in [5.74, 6) is -0.992. The molecule has 0 bridgehead atoms. The van der Waals surface area contributed by atoms with E-state index in [0.717, 1.165) is 5.01 Å². The smallest absolute Gasteiger partial charge is 0.337 e. The highest BCUT2D eigenvalue weighted by Crippen LogP contribution is 2.30. The normalized spacial score (nSPS) is 11.9. The van der Waals surface area contributed by atoms with Crippen molar-refractivity contribution in [2.24, 2.45) is 0 Å². The molecule has 0 aliphatic rings. The van der Waals surface area contributed by atoms with Crippen molar-refractivity contribution < 1.29 is 9.90 Å². The molecule has 0 aliphatic carbocycles. The van der Waals surface area contributed by atoms with Crippen LogP contribution < -0.4 is 0 Å². The molecule has 20 heavy (non-hydrogen) atoms. The third-order valence-corrected chi connectivity index (χ3v) is 4.27. The van der Waals surface area contributed by atoms with Crippen LogP contribution in [0.5, 0.6) is 0 Å². The van der Waals surface area contributed by atoms with Gasteiger partial charge in [0.2, 0.25) is 0 Å². The molecular weight excluding hydrogens is 276 g/mol. The van der Waals surface area contributed by atoms with Gasteiger partial charge in [-0.25, -0.2) is 14.5 Å². The van der Waals surface area contributed by atoms with Crippen LogP contribution in [-0.2, 0) is 5.54 Å². The lowest BCUT2D eigenvalue weighted by atomic mass is 10.1. The predicted molar refractivity (Wildman–Crippen MR) is 75.0 cm³/mol. The van der Waals surface area contributed by atoms with Crippen LogP contribution >= 0.6 is 11.3 Å². The van der Waals surface area contributed by atoms with Crippen LogP contribution in [0, 0.1) is 0 Å². The average molecular weight is 288 g/mol. The average Bonchev–Trinajstić information content (AvgIpc) is 3.07. The van der Waals surface area contributed by atoms with Gasteiger partial charge in [-0.1, -0.05) is 11.3 Å². The maximum atomic E-state index is 11.4. The first-order valence-corrected chi connectivity index (χ1v) is 6.88. The van der Waals surface area contributed by atoms with Gasteiger partial charge >= 0.3 is 5.97 Å². The molecule has 2 aromatic heterocycles. The van der Waals surface area contributed by atoms with E-state index in [1.54, 1.807) is 29.1 Å². The first kappa shape index (κ1) is 12.7. The second-order valence-corrected chi connectivity index (χ2v) is 5.77. The molecule has 102 valence electrons. The molecule has 7 heteroatoms. The van der Waals surface area contributed by atoms with Gasteiger partial charge in [-0.3, -0.25) is 0 Å². The van der Waals surface area contributed by atoms with Gasteiger partial charge in [0.15, 0.2) is 0 Å². The van der Waals surface area contributed by atoms with Crippen LogP contribution in [0.1, 0.15) is 29.2 Å². The minimum atomic E-state index is -0.992. The summed E-state index contributed by atoms with van der Waals surface area (Å²) < 4.78 is 1.63. The van der Waals surface area contributed by atoms with E-state index >= 15 is 0 Å². The maximum Gasteiger partial charge on any atom is 0.337 e.